The molecule has 0 N–H and O–H groups in total. The smallest absolute Gasteiger partial charge is 0.541 e. The summed E-state index contributed by atoms with van der Waals surface area (Å²) in [6, 6.07) is 28.9. The molecule has 0 aliphatic heterocycles. The third-order valence-electron chi connectivity index (χ3n) is 3.35. The molecule has 0 amide bonds. The average molecular weight is 466 g/mol. The summed E-state index contributed by atoms with van der Waals surface area (Å²) in [5.41, 5.74) is 0. The van der Waals surface area contributed by atoms with Crippen molar-refractivity contribution in [2.24, 2.45) is 0 Å². The average Bonchev–Trinajstić information content (AvgIpc) is 2.64. The van der Waals surface area contributed by atoms with Gasteiger partial charge in [-0.1, -0.05) is 54.6 Å². The molecule has 25 heavy (non-hydrogen) atoms. The molecule has 130 valence electrons. The van der Waals surface area contributed by atoms with Crippen molar-refractivity contribution in [1.29, 1.82) is 0 Å². The first-order chi connectivity index (χ1) is 11.8. The molecule has 0 radical (unpaired) electrons. The maximum Gasteiger partial charge on any atom is 0.541 e. The molecule has 5 heteroatoms. The van der Waals surface area contributed by atoms with Crippen LogP contribution in [-0.2, 0) is 0 Å². The lowest BCUT2D eigenvalue weighted by Crippen LogP contribution is -3.00. The Labute approximate surface area is 166 Å². The van der Waals surface area contributed by atoms with Gasteiger partial charge in [0.15, 0.2) is 23.4 Å². The molecule has 0 aliphatic carbocycles. The van der Waals surface area contributed by atoms with Crippen LogP contribution in [0.25, 0.3) is 0 Å². The van der Waals surface area contributed by atoms with E-state index >= 15 is 0 Å². The minimum Gasteiger partial charge on any atom is -1.00 e. The highest BCUT2D eigenvalue weighted by Gasteiger charge is 2.48. The quantitative estimate of drug-likeness (QED) is 0.396. The van der Waals surface area contributed by atoms with E-state index in [4.69, 9.17) is 13.6 Å². The van der Waals surface area contributed by atoms with E-state index < -0.39 is 7.94 Å². The topological polar surface area (TPSA) is 27.7 Å². The lowest BCUT2D eigenvalue weighted by molar-refractivity contribution is -0.00000771. The summed E-state index contributed by atoms with van der Waals surface area (Å²) in [6.45, 7) is 2.02. The SMILES string of the molecule is CC[P+](Oc1ccccc1)(Oc1ccccc1)Oc1ccccc1.[I-]. The Morgan fingerprint density at radius 2 is 0.840 bits per heavy atom. The van der Waals surface area contributed by atoms with Crippen molar-refractivity contribution in [2.45, 2.75) is 6.92 Å². The van der Waals surface area contributed by atoms with Gasteiger partial charge in [-0.3, -0.25) is 13.6 Å². The summed E-state index contributed by atoms with van der Waals surface area (Å²) in [5.74, 6) is 2.21. The van der Waals surface area contributed by atoms with Crippen molar-refractivity contribution in [3.8, 4) is 17.2 Å². The standard InChI is InChI=1S/C20H20O3P.HI/c1-2-24(21-18-12-6-3-7-13-18,22-19-14-8-4-9-15-19)23-20-16-10-5-11-17-20;/h3-17H,2H2,1H3;1H/q+1;/p-1. The minimum atomic E-state index is -2.64. The molecule has 0 bridgehead atoms. The summed E-state index contributed by atoms with van der Waals surface area (Å²) < 4.78 is 18.7. The van der Waals surface area contributed by atoms with Gasteiger partial charge in [0, 0.05) is 0 Å². The molecule has 0 saturated heterocycles. The van der Waals surface area contributed by atoms with Crippen LogP contribution in [0.3, 0.4) is 0 Å². The Hall–Kier alpha value is -1.78. The van der Waals surface area contributed by atoms with E-state index in [9.17, 15) is 0 Å². The van der Waals surface area contributed by atoms with Crippen LogP contribution < -0.4 is 37.5 Å². The molecule has 0 atom stereocenters. The fourth-order valence-corrected chi connectivity index (χ4v) is 4.00. The first-order valence-corrected chi connectivity index (χ1v) is 9.64. The highest BCUT2D eigenvalue weighted by Crippen LogP contribution is 2.60. The third kappa shape index (κ3) is 5.62. The van der Waals surface area contributed by atoms with E-state index in [-0.39, 0.29) is 24.0 Å². The number of benzene rings is 3. The summed E-state index contributed by atoms with van der Waals surface area (Å²) in [6.07, 6.45) is 0.617. The van der Waals surface area contributed by atoms with E-state index in [0.29, 0.717) is 6.16 Å². The molecular weight excluding hydrogens is 446 g/mol. The second-order valence-electron chi connectivity index (χ2n) is 5.14. The van der Waals surface area contributed by atoms with Gasteiger partial charge in [0.2, 0.25) is 0 Å². The van der Waals surface area contributed by atoms with Crippen LogP contribution in [0.5, 0.6) is 17.2 Å². The van der Waals surface area contributed by atoms with Crippen molar-refractivity contribution in [2.75, 3.05) is 6.16 Å². The first-order valence-electron chi connectivity index (χ1n) is 7.92. The zero-order chi connectivity index (χ0) is 16.7. The number of hydrogen-bond donors (Lipinski definition) is 0. The maximum atomic E-state index is 6.23. The number of rotatable bonds is 7. The van der Waals surface area contributed by atoms with Gasteiger partial charge in [-0.15, -0.1) is 0 Å². The number of halogens is 1. The Bertz CT molecular complexity index is 637. The highest BCUT2D eigenvalue weighted by molar-refractivity contribution is 7.62. The van der Waals surface area contributed by atoms with Gasteiger partial charge in [0.05, 0.1) is 0 Å². The molecule has 0 aliphatic rings. The van der Waals surface area contributed by atoms with Gasteiger partial charge >= 0.3 is 7.94 Å². The van der Waals surface area contributed by atoms with Crippen LogP contribution >= 0.6 is 7.94 Å². The van der Waals surface area contributed by atoms with Crippen molar-refractivity contribution >= 4 is 7.94 Å². The van der Waals surface area contributed by atoms with Crippen LogP contribution in [0.4, 0.5) is 0 Å². The monoisotopic (exact) mass is 466 g/mol. The molecule has 3 rings (SSSR count). The lowest BCUT2D eigenvalue weighted by Gasteiger charge is -2.22. The summed E-state index contributed by atoms with van der Waals surface area (Å²) in [7, 11) is -2.64. The summed E-state index contributed by atoms with van der Waals surface area (Å²) in [4.78, 5) is 0. The third-order valence-corrected chi connectivity index (χ3v) is 5.59. The van der Waals surface area contributed by atoms with Crippen LogP contribution in [0, 0.1) is 0 Å². The second kappa shape index (κ2) is 9.64. The number of hydrogen-bond acceptors (Lipinski definition) is 3. The Morgan fingerprint density at radius 1 is 0.560 bits per heavy atom. The van der Waals surface area contributed by atoms with Crippen molar-refractivity contribution in [3.05, 3.63) is 91.0 Å². The van der Waals surface area contributed by atoms with Gasteiger partial charge in [-0.2, -0.15) is 0 Å². The zero-order valence-electron chi connectivity index (χ0n) is 13.9. The molecule has 0 heterocycles. The van der Waals surface area contributed by atoms with Gasteiger partial charge < -0.3 is 24.0 Å². The fourth-order valence-electron chi connectivity index (χ4n) is 2.18. The van der Waals surface area contributed by atoms with Gasteiger partial charge in [-0.05, 0) is 43.3 Å². The molecule has 3 aromatic carbocycles. The Balaban J connectivity index is 0.00000225. The fraction of sp³-hybridized carbons (Fsp3) is 0.100. The molecule has 3 aromatic rings. The second-order valence-corrected chi connectivity index (χ2v) is 7.54. The van der Waals surface area contributed by atoms with Crippen LogP contribution in [0.2, 0.25) is 0 Å². The molecule has 0 aromatic heterocycles. The van der Waals surface area contributed by atoms with Gasteiger partial charge in [-0.25, -0.2) is 0 Å². The van der Waals surface area contributed by atoms with E-state index in [0.717, 1.165) is 17.2 Å². The van der Waals surface area contributed by atoms with E-state index in [1.54, 1.807) is 0 Å². The van der Waals surface area contributed by atoms with Crippen molar-refractivity contribution < 1.29 is 37.5 Å². The summed E-state index contributed by atoms with van der Waals surface area (Å²) >= 11 is 0. The Kier molecular flexibility index (Phi) is 7.53. The maximum absolute atomic E-state index is 6.23. The molecule has 3 nitrogen and oxygen atoms in total. The van der Waals surface area contributed by atoms with E-state index in [2.05, 4.69) is 0 Å². The van der Waals surface area contributed by atoms with Crippen LogP contribution in [-0.4, -0.2) is 6.16 Å². The predicted molar refractivity (Wildman–Crippen MR) is 98.7 cm³/mol. The zero-order valence-corrected chi connectivity index (χ0v) is 17.0. The van der Waals surface area contributed by atoms with E-state index in [1.165, 1.54) is 0 Å². The predicted octanol–water partition coefficient (Wildman–Crippen LogP) is 3.01. The van der Waals surface area contributed by atoms with E-state index in [1.807, 2.05) is 97.9 Å². The normalized spacial score (nSPS) is 10.4. The van der Waals surface area contributed by atoms with Crippen LogP contribution in [0.15, 0.2) is 91.0 Å². The summed E-state index contributed by atoms with van der Waals surface area (Å²) in [5, 5.41) is 0. The van der Waals surface area contributed by atoms with Gasteiger partial charge in [0.1, 0.15) is 0 Å². The number of para-hydroxylation sites is 3. The lowest BCUT2D eigenvalue weighted by atomic mass is 10.3. The molecule has 0 fully saturated rings. The van der Waals surface area contributed by atoms with Crippen LogP contribution in [0.1, 0.15) is 6.92 Å². The minimum absolute atomic E-state index is 0. The Morgan fingerprint density at radius 3 is 1.08 bits per heavy atom. The first kappa shape index (κ1) is 19.5. The largest absolute Gasteiger partial charge is 1.00 e. The van der Waals surface area contributed by atoms with Crippen molar-refractivity contribution in [1.82, 2.24) is 0 Å². The highest BCUT2D eigenvalue weighted by atomic mass is 127. The molecule has 0 saturated carbocycles. The molecular formula is C20H20IO3P. The molecule has 0 unspecified atom stereocenters. The van der Waals surface area contributed by atoms with Crippen molar-refractivity contribution in [3.63, 3.8) is 0 Å². The van der Waals surface area contributed by atoms with Gasteiger partial charge in [0.25, 0.3) is 0 Å². The molecule has 0 spiro atoms.